The molecule has 1 saturated carbocycles. The lowest BCUT2D eigenvalue weighted by Gasteiger charge is -2.31. The summed E-state index contributed by atoms with van der Waals surface area (Å²) < 4.78 is 0. The number of rotatable bonds is 7. The first-order chi connectivity index (χ1) is 10.7. The molecule has 0 radical (unpaired) electrons. The summed E-state index contributed by atoms with van der Waals surface area (Å²) >= 11 is 0. The van der Waals surface area contributed by atoms with Gasteiger partial charge in [0.15, 0.2) is 5.96 Å². The van der Waals surface area contributed by atoms with Gasteiger partial charge in [-0.1, -0.05) is 26.2 Å². The Labute approximate surface area is 159 Å². The molecule has 1 unspecified atom stereocenters. The number of nitrogens with zero attached hydrogens (tertiary/aromatic N) is 3. The minimum Gasteiger partial charge on any atom is -0.370 e. The zero-order valence-corrected chi connectivity index (χ0v) is 17.3. The largest absolute Gasteiger partial charge is 0.370 e. The van der Waals surface area contributed by atoms with E-state index in [0.29, 0.717) is 12.0 Å². The van der Waals surface area contributed by atoms with Crippen molar-refractivity contribution in [2.75, 3.05) is 39.8 Å². The van der Waals surface area contributed by atoms with Crippen molar-refractivity contribution in [3.63, 3.8) is 0 Å². The predicted octanol–water partition coefficient (Wildman–Crippen LogP) is 2.26. The summed E-state index contributed by atoms with van der Waals surface area (Å²) in [6, 6.07) is 1.36. The van der Waals surface area contributed by atoms with Crippen LogP contribution >= 0.6 is 24.0 Å². The van der Waals surface area contributed by atoms with Gasteiger partial charge in [0.25, 0.3) is 0 Å². The van der Waals surface area contributed by atoms with Gasteiger partial charge in [-0.3, -0.25) is 9.89 Å². The fourth-order valence-corrected chi connectivity index (χ4v) is 3.84. The standard InChI is InChI=1S/C17H35N5.HI/c1-3-22-12-7-10-16(22)14-20-17(18)19-11-13-21(2)15-8-5-4-6-9-15;/h15-16H,3-14H2,1-2H3,(H3,18,19,20);1H. The zero-order chi connectivity index (χ0) is 15.8. The summed E-state index contributed by atoms with van der Waals surface area (Å²) in [6.45, 7) is 7.35. The van der Waals surface area contributed by atoms with E-state index in [-0.39, 0.29) is 24.0 Å². The molecule has 0 aromatic rings. The van der Waals surface area contributed by atoms with Crippen LogP contribution in [0.3, 0.4) is 0 Å². The van der Waals surface area contributed by atoms with Crippen LogP contribution in [-0.4, -0.2) is 67.6 Å². The lowest BCUT2D eigenvalue weighted by Crippen LogP contribution is -2.42. The zero-order valence-electron chi connectivity index (χ0n) is 15.0. The second-order valence-electron chi connectivity index (χ2n) is 6.85. The Morgan fingerprint density at radius 2 is 1.96 bits per heavy atom. The number of hydrogen-bond acceptors (Lipinski definition) is 3. The Morgan fingerprint density at radius 1 is 1.22 bits per heavy atom. The van der Waals surface area contributed by atoms with Crippen LogP contribution in [0.4, 0.5) is 0 Å². The third kappa shape index (κ3) is 7.13. The van der Waals surface area contributed by atoms with E-state index in [0.717, 1.165) is 32.2 Å². The van der Waals surface area contributed by atoms with E-state index in [9.17, 15) is 0 Å². The SMILES string of the molecule is CCN1CCCC1CN=C(N)NCCN(C)C1CCCCC1.I. The van der Waals surface area contributed by atoms with Crippen LogP contribution in [0.2, 0.25) is 0 Å². The average molecular weight is 437 g/mol. The van der Waals surface area contributed by atoms with Crippen molar-refractivity contribution in [1.29, 1.82) is 0 Å². The van der Waals surface area contributed by atoms with Gasteiger partial charge in [0, 0.05) is 25.2 Å². The maximum absolute atomic E-state index is 6.01. The molecule has 0 aromatic carbocycles. The minimum absolute atomic E-state index is 0. The van der Waals surface area contributed by atoms with Crippen molar-refractivity contribution in [1.82, 2.24) is 15.1 Å². The van der Waals surface area contributed by atoms with Crippen molar-refractivity contribution < 1.29 is 0 Å². The molecule has 1 atom stereocenters. The van der Waals surface area contributed by atoms with Crippen LogP contribution in [0.25, 0.3) is 0 Å². The topological polar surface area (TPSA) is 56.9 Å². The Bertz CT molecular complexity index is 344. The maximum Gasteiger partial charge on any atom is 0.188 e. The minimum atomic E-state index is 0. The molecule has 1 aliphatic heterocycles. The normalized spacial score (nSPS) is 24.0. The fraction of sp³-hybridized carbons (Fsp3) is 0.941. The first-order valence-electron chi connectivity index (χ1n) is 9.18. The number of hydrogen-bond donors (Lipinski definition) is 2. The molecule has 2 fully saturated rings. The van der Waals surface area contributed by atoms with Gasteiger partial charge in [-0.05, 0) is 45.8 Å². The highest BCUT2D eigenvalue weighted by Crippen LogP contribution is 2.21. The molecule has 0 aromatic heterocycles. The van der Waals surface area contributed by atoms with Crippen LogP contribution in [0.15, 0.2) is 4.99 Å². The molecule has 5 nitrogen and oxygen atoms in total. The van der Waals surface area contributed by atoms with Crippen LogP contribution in [0.1, 0.15) is 51.9 Å². The molecule has 2 rings (SSSR count). The number of nitrogens with two attached hydrogens (primary N) is 1. The summed E-state index contributed by atoms with van der Waals surface area (Å²) in [4.78, 5) is 9.53. The molecule has 3 N–H and O–H groups in total. The first kappa shape index (κ1) is 21.0. The van der Waals surface area contributed by atoms with Gasteiger partial charge in [-0.25, -0.2) is 0 Å². The lowest BCUT2D eigenvalue weighted by molar-refractivity contribution is 0.194. The summed E-state index contributed by atoms with van der Waals surface area (Å²) in [5.41, 5.74) is 6.01. The number of likely N-dealkylation sites (tertiary alicyclic amines) is 1. The van der Waals surface area contributed by atoms with Gasteiger partial charge >= 0.3 is 0 Å². The molecule has 23 heavy (non-hydrogen) atoms. The highest BCUT2D eigenvalue weighted by molar-refractivity contribution is 14.0. The molecule has 136 valence electrons. The second-order valence-corrected chi connectivity index (χ2v) is 6.85. The van der Waals surface area contributed by atoms with Crippen LogP contribution in [0, 0.1) is 0 Å². The monoisotopic (exact) mass is 437 g/mol. The van der Waals surface area contributed by atoms with Crippen molar-refractivity contribution in [3.05, 3.63) is 0 Å². The van der Waals surface area contributed by atoms with Gasteiger partial charge in [-0.15, -0.1) is 24.0 Å². The number of nitrogens with one attached hydrogen (secondary N) is 1. The van der Waals surface area contributed by atoms with Gasteiger partial charge < -0.3 is 16.0 Å². The fourth-order valence-electron chi connectivity index (χ4n) is 3.84. The molecule has 0 amide bonds. The highest BCUT2D eigenvalue weighted by atomic mass is 127. The molecule has 2 aliphatic rings. The van der Waals surface area contributed by atoms with Crippen molar-refractivity contribution >= 4 is 29.9 Å². The van der Waals surface area contributed by atoms with Gasteiger partial charge in [0.05, 0.1) is 6.54 Å². The van der Waals surface area contributed by atoms with Crippen LogP contribution in [0.5, 0.6) is 0 Å². The van der Waals surface area contributed by atoms with Crippen molar-refractivity contribution in [2.45, 2.75) is 64.0 Å². The summed E-state index contributed by atoms with van der Waals surface area (Å²) in [5.74, 6) is 0.611. The van der Waals surface area contributed by atoms with E-state index >= 15 is 0 Å². The van der Waals surface area contributed by atoms with E-state index in [2.05, 4.69) is 34.1 Å². The third-order valence-electron chi connectivity index (χ3n) is 5.35. The molecule has 0 spiro atoms. The van der Waals surface area contributed by atoms with Crippen molar-refractivity contribution in [2.24, 2.45) is 10.7 Å². The Morgan fingerprint density at radius 3 is 2.65 bits per heavy atom. The number of halogens is 1. The van der Waals surface area contributed by atoms with E-state index in [1.807, 2.05) is 0 Å². The molecular formula is C17H36IN5. The smallest absolute Gasteiger partial charge is 0.188 e. The molecule has 0 bridgehead atoms. The molecule has 6 heteroatoms. The summed E-state index contributed by atoms with van der Waals surface area (Å²) in [6.07, 6.45) is 9.46. The number of aliphatic imine (C=N–C) groups is 1. The Balaban J connectivity index is 0.00000264. The highest BCUT2D eigenvalue weighted by Gasteiger charge is 2.22. The average Bonchev–Trinajstić information content (AvgIpc) is 3.01. The predicted molar refractivity (Wildman–Crippen MR) is 110 cm³/mol. The quantitative estimate of drug-likeness (QED) is 0.365. The third-order valence-corrected chi connectivity index (χ3v) is 5.35. The number of likely N-dealkylation sites (N-methyl/N-ethyl adjacent to an activating group) is 2. The van der Waals surface area contributed by atoms with Crippen LogP contribution < -0.4 is 11.1 Å². The molecule has 1 saturated heterocycles. The number of guanidine groups is 1. The van der Waals surface area contributed by atoms with Crippen molar-refractivity contribution in [3.8, 4) is 0 Å². The second kappa shape index (κ2) is 11.5. The van der Waals surface area contributed by atoms with E-state index in [1.165, 1.54) is 51.5 Å². The Hall–Kier alpha value is -0.0800. The summed E-state index contributed by atoms with van der Waals surface area (Å²) in [5, 5.41) is 3.28. The van der Waals surface area contributed by atoms with Crippen LogP contribution in [-0.2, 0) is 0 Å². The molecule has 1 aliphatic carbocycles. The maximum atomic E-state index is 6.01. The summed E-state index contributed by atoms with van der Waals surface area (Å²) in [7, 11) is 2.24. The van der Waals surface area contributed by atoms with E-state index < -0.39 is 0 Å². The van der Waals surface area contributed by atoms with Gasteiger partial charge in [0.2, 0.25) is 0 Å². The van der Waals surface area contributed by atoms with Gasteiger partial charge in [0.1, 0.15) is 0 Å². The molecule has 1 heterocycles. The lowest BCUT2D eigenvalue weighted by atomic mass is 9.94. The van der Waals surface area contributed by atoms with E-state index in [1.54, 1.807) is 0 Å². The van der Waals surface area contributed by atoms with E-state index in [4.69, 9.17) is 5.73 Å². The Kier molecular flexibility index (Phi) is 10.5. The molecular weight excluding hydrogens is 401 g/mol. The van der Waals surface area contributed by atoms with Gasteiger partial charge in [-0.2, -0.15) is 0 Å². The first-order valence-corrected chi connectivity index (χ1v) is 9.18.